The Hall–Kier alpha value is -3.58. The Bertz CT molecular complexity index is 1000. The van der Waals surface area contributed by atoms with Crippen LogP contribution in [0.15, 0.2) is 72.3 Å². The molecule has 0 aliphatic carbocycles. The van der Waals surface area contributed by atoms with Gasteiger partial charge < -0.3 is 15.0 Å². The zero-order valence-corrected chi connectivity index (χ0v) is 20.4. The lowest BCUT2D eigenvalue weighted by molar-refractivity contribution is 0.237. The van der Waals surface area contributed by atoms with E-state index in [1.165, 1.54) is 0 Å². The van der Waals surface area contributed by atoms with Crippen LogP contribution in [0, 0.1) is 0 Å². The molecule has 2 rings (SSSR count). The summed E-state index contributed by atoms with van der Waals surface area (Å²) < 4.78 is 5.61. The summed E-state index contributed by atoms with van der Waals surface area (Å²) in [5.74, 6) is 1.21. The second-order valence-electron chi connectivity index (χ2n) is 7.76. The molecule has 2 aromatic rings. The van der Waals surface area contributed by atoms with Crippen molar-refractivity contribution in [2.45, 2.75) is 20.3 Å². The zero-order valence-electron chi connectivity index (χ0n) is 20.4. The molecule has 0 aliphatic rings. The highest BCUT2D eigenvalue weighted by molar-refractivity contribution is 5.85. The molecule has 0 unspecified atom stereocenters. The molecule has 0 saturated carbocycles. The fraction of sp³-hybridized carbons (Fsp3) is 0.308. The number of anilines is 1. The van der Waals surface area contributed by atoms with Crippen molar-refractivity contribution >= 4 is 23.7 Å². The van der Waals surface area contributed by atoms with Crippen molar-refractivity contribution in [3.8, 4) is 5.75 Å². The number of allylic oxidation sites excluding steroid dienone is 3. The molecule has 0 amide bonds. The van der Waals surface area contributed by atoms with Crippen molar-refractivity contribution in [2.75, 3.05) is 39.7 Å². The molecule has 1 aromatic heterocycles. The molecular formula is C26H36N6O. The van der Waals surface area contributed by atoms with Crippen molar-refractivity contribution in [3.63, 3.8) is 0 Å². The number of nitrogens with zero attached hydrogens (tertiary/aromatic N) is 4. The smallest absolute Gasteiger partial charge is 0.143 e. The molecule has 0 bridgehead atoms. The maximum atomic E-state index is 5.61. The van der Waals surface area contributed by atoms with Crippen molar-refractivity contribution in [2.24, 2.45) is 4.99 Å². The van der Waals surface area contributed by atoms with E-state index in [1.807, 2.05) is 56.6 Å². The van der Waals surface area contributed by atoms with E-state index in [0.29, 0.717) is 11.6 Å². The number of methoxy groups -OCH3 is 1. The molecule has 2 N–H and O–H groups in total. The molecule has 7 nitrogen and oxygen atoms in total. The van der Waals surface area contributed by atoms with E-state index in [1.54, 1.807) is 19.5 Å². The van der Waals surface area contributed by atoms with Crippen molar-refractivity contribution < 1.29 is 4.74 Å². The molecule has 0 saturated heterocycles. The van der Waals surface area contributed by atoms with E-state index in [9.17, 15) is 0 Å². The lowest BCUT2D eigenvalue weighted by Gasteiger charge is -2.28. The van der Waals surface area contributed by atoms with E-state index < -0.39 is 0 Å². The second-order valence-corrected chi connectivity index (χ2v) is 7.76. The summed E-state index contributed by atoms with van der Waals surface area (Å²) in [5.41, 5.74) is 4.67. The highest BCUT2D eigenvalue weighted by Gasteiger charge is 2.11. The molecule has 33 heavy (non-hydrogen) atoms. The SMILES string of the molecule is C=C(N=C/C(C=Cc1cn[nH]c1)=C\C)Nc1ccc(C(=C)N(C)CN(C)CCC)cc1OC. The fourth-order valence-corrected chi connectivity index (χ4v) is 3.19. The van der Waals surface area contributed by atoms with Crippen LogP contribution < -0.4 is 10.1 Å². The van der Waals surface area contributed by atoms with Gasteiger partial charge in [-0.1, -0.05) is 44.4 Å². The van der Waals surface area contributed by atoms with Crippen LogP contribution in [-0.2, 0) is 0 Å². The van der Waals surface area contributed by atoms with Gasteiger partial charge in [0.05, 0.1) is 25.7 Å². The quantitative estimate of drug-likeness (QED) is 0.249. The second kappa shape index (κ2) is 13.1. The standard InChI is InChI=1S/C26H36N6O/c1-8-14-31(5)19-32(6)20(3)24-12-13-25(26(15-24)33-7)30-21(4)27-16-22(9-2)10-11-23-17-28-29-18-23/h9-13,15-18,30H,3-4,8,14,19H2,1-2,5-7H3,(H,28,29)/b11-10?,22-9-,27-16?. The topological polar surface area (TPSA) is 68.8 Å². The van der Waals surface area contributed by atoms with E-state index in [2.05, 4.69) is 57.4 Å². The van der Waals surface area contributed by atoms with Crippen LogP contribution in [0.4, 0.5) is 5.69 Å². The monoisotopic (exact) mass is 448 g/mol. The van der Waals surface area contributed by atoms with E-state index in [0.717, 1.165) is 47.7 Å². The van der Waals surface area contributed by atoms with Crippen molar-refractivity contribution in [1.29, 1.82) is 0 Å². The van der Waals surface area contributed by atoms with E-state index in [4.69, 9.17) is 4.74 Å². The number of benzene rings is 1. The first-order chi connectivity index (χ1) is 15.9. The molecule has 176 valence electrons. The zero-order chi connectivity index (χ0) is 24.2. The third kappa shape index (κ3) is 8.12. The third-order valence-electron chi connectivity index (χ3n) is 5.02. The molecule has 0 fully saturated rings. The molecular weight excluding hydrogens is 412 g/mol. The summed E-state index contributed by atoms with van der Waals surface area (Å²) in [6.07, 6.45) is 12.4. The Morgan fingerprint density at radius 1 is 1.30 bits per heavy atom. The summed E-state index contributed by atoms with van der Waals surface area (Å²) in [6, 6.07) is 5.95. The van der Waals surface area contributed by atoms with Crippen LogP contribution in [0.25, 0.3) is 11.8 Å². The number of rotatable bonds is 13. The van der Waals surface area contributed by atoms with Gasteiger partial charge in [-0.25, -0.2) is 4.99 Å². The van der Waals surface area contributed by atoms with Crippen LogP contribution >= 0.6 is 0 Å². The van der Waals surface area contributed by atoms with Gasteiger partial charge >= 0.3 is 0 Å². The maximum absolute atomic E-state index is 5.61. The number of ether oxygens (including phenoxy) is 1. The average Bonchev–Trinajstić information content (AvgIpc) is 3.32. The Labute approximate surface area is 197 Å². The van der Waals surface area contributed by atoms with Gasteiger partial charge in [-0.05, 0) is 44.6 Å². The number of aromatic nitrogens is 2. The molecule has 1 aromatic carbocycles. The van der Waals surface area contributed by atoms with Gasteiger partial charge in [0.1, 0.15) is 11.6 Å². The van der Waals surface area contributed by atoms with Gasteiger partial charge in [0.15, 0.2) is 0 Å². The van der Waals surface area contributed by atoms with Gasteiger partial charge in [0.2, 0.25) is 0 Å². The Morgan fingerprint density at radius 3 is 2.73 bits per heavy atom. The van der Waals surface area contributed by atoms with Crippen LogP contribution in [-0.4, -0.2) is 60.6 Å². The third-order valence-corrected chi connectivity index (χ3v) is 5.02. The Kier molecular flexibility index (Phi) is 10.2. The van der Waals surface area contributed by atoms with Gasteiger partial charge in [-0.3, -0.25) is 10.00 Å². The molecule has 0 spiro atoms. The normalized spacial score (nSPS) is 12.0. The minimum Gasteiger partial charge on any atom is -0.495 e. The summed E-state index contributed by atoms with van der Waals surface area (Å²) in [5, 5.41) is 9.94. The van der Waals surface area contributed by atoms with Gasteiger partial charge in [0, 0.05) is 36.3 Å². The fourth-order valence-electron chi connectivity index (χ4n) is 3.19. The summed E-state index contributed by atoms with van der Waals surface area (Å²) >= 11 is 0. The van der Waals surface area contributed by atoms with Crippen molar-refractivity contribution in [3.05, 3.63) is 78.4 Å². The maximum Gasteiger partial charge on any atom is 0.143 e. The molecule has 1 heterocycles. The van der Waals surface area contributed by atoms with Crippen LogP contribution in [0.1, 0.15) is 31.4 Å². The summed E-state index contributed by atoms with van der Waals surface area (Å²) in [6.45, 7) is 14.3. The molecule has 0 atom stereocenters. The highest BCUT2D eigenvalue weighted by Crippen LogP contribution is 2.30. The van der Waals surface area contributed by atoms with Crippen LogP contribution in [0.5, 0.6) is 5.75 Å². The largest absolute Gasteiger partial charge is 0.495 e. The van der Waals surface area contributed by atoms with Gasteiger partial charge in [0.25, 0.3) is 0 Å². The average molecular weight is 449 g/mol. The first-order valence-corrected chi connectivity index (χ1v) is 11.0. The van der Waals surface area contributed by atoms with E-state index >= 15 is 0 Å². The number of aliphatic imine (C=N–C) groups is 1. The predicted octanol–water partition coefficient (Wildman–Crippen LogP) is 5.23. The highest BCUT2D eigenvalue weighted by atomic mass is 16.5. The first kappa shape index (κ1) is 25.7. The number of aromatic amines is 1. The number of H-pyrrole nitrogens is 1. The van der Waals surface area contributed by atoms with Crippen LogP contribution in [0.3, 0.4) is 0 Å². The van der Waals surface area contributed by atoms with Crippen molar-refractivity contribution in [1.82, 2.24) is 20.0 Å². The van der Waals surface area contributed by atoms with Gasteiger partial charge in [-0.2, -0.15) is 5.10 Å². The van der Waals surface area contributed by atoms with Crippen LogP contribution in [0.2, 0.25) is 0 Å². The molecule has 0 radical (unpaired) electrons. The molecule has 0 aliphatic heterocycles. The molecule has 7 heteroatoms. The minimum atomic E-state index is 0.509. The first-order valence-electron chi connectivity index (χ1n) is 11.0. The van der Waals surface area contributed by atoms with E-state index in [-0.39, 0.29) is 0 Å². The number of hydrogen-bond acceptors (Lipinski definition) is 6. The predicted molar refractivity (Wildman–Crippen MR) is 140 cm³/mol. The summed E-state index contributed by atoms with van der Waals surface area (Å²) in [4.78, 5) is 8.84. The number of nitrogens with one attached hydrogen (secondary N) is 2. The lowest BCUT2D eigenvalue weighted by Crippen LogP contribution is -2.32. The Balaban J connectivity index is 2.04. The lowest BCUT2D eigenvalue weighted by atomic mass is 10.1. The van der Waals surface area contributed by atoms with Gasteiger partial charge in [-0.15, -0.1) is 0 Å². The number of hydrogen-bond donors (Lipinski definition) is 2. The minimum absolute atomic E-state index is 0.509. The summed E-state index contributed by atoms with van der Waals surface area (Å²) in [7, 11) is 5.80. The Morgan fingerprint density at radius 2 is 2.09 bits per heavy atom.